The molecule has 3 atom stereocenters. The van der Waals surface area contributed by atoms with Crippen LogP contribution in [0.2, 0.25) is 0 Å². The highest BCUT2D eigenvalue weighted by molar-refractivity contribution is 6.77. The van der Waals surface area contributed by atoms with Gasteiger partial charge < -0.3 is 20.2 Å². The molecule has 0 aromatic heterocycles. The third-order valence-electron chi connectivity index (χ3n) is 5.33. The number of benzene rings is 1. The first-order chi connectivity index (χ1) is 13.1. The fourth-order valence-corrected chi connectivity index (χ4v) is 4.46. The van der Waals surface area contributed by atoms with Crippen LogP contribution in [0.4, 0.5) is 5.69 Å². The molecule has 2 amide bonds. The zero-order valence-electron chi connectivity index (χ0n) is 16.0. The number of nitrogens with one attached hydrogen (secondary N) is 1. The van der Waals surface area contributed by atoms with Gasteiger partial charge in [-0.05, 0) is 42.6 Å². The van der Waals surface area contributed by atoms with Gasteiger partial charge in [0.05, 0.1) is 12.1 Å². The number of carbonyl (C=O) groups is 2. The Morgan fingerprint density at radius 3 is 2.54 bits per heavy atom. The average molecular weight is 449 g/mol. The van der Waals surface area contributed by atoms with E-state index in [1.54, 1.807) is 26.2 Å². The molecule has 1 aliphatic carbocycles. The van der Waals surface area contributed by atoms with Gasteiger partial charge in [-0.1, -0.05) is 41.7 Å². The number of halogens is 3. The Kier molecular flexibility index (Phi) is 6.18. The third-order valence-corrected chi connectivity index (χ3v) is 5.81. The number of hydrogen-bond acceptors (Lipinski definition) is 4. The summed E-state index contributed by atoms with van der Waals surface area (Å²) in [7, 11) is 3.37. The van der Waals surface area contributed by atoms with Crippen molar-refractivity contribution in [1.29, 1.82) is 0 Å². The first kappa shape index (κ1) is 21.7. The summed E-state index contributed by atoms with van der Waals surface area (Å²) < 4.78 is -2.07. The molecule has 3 unspecified atom stereocenters. The van der Waals surface area contributed by atoms with Crippen LogP contribution in [0.5, 0.6) is 0 Å². The summed E-state index contributed by atoms with van der Waals surface area (Å²) in [5.74, 6) is -0.903. The van der Waals surface area contributed by atoms with E-state index in [2.05, 4.69) is 5.32 Å². The predicted octanol–water partition coefficient (Wildman–Crippen LogP) is 2.99. The molecule has 6 nitrogen and oxygen atoms in total. The largest absolute Gasteiger partial charge is 0.391 e. The Hall–Kier alpha value is -1.05. The molecule has 0 saturated carbocycles. The molecule has 1 aromatic carbocycles. The second-order valence-electron chi connectivity index (χ2n) is 7.50. The molecule has 1 heterocycles. The monoisotopic (exact) mass is 447 g/mol. The lowest BCUT2D eigenvalue weighted by Gasteiger charge is -2.35. The molecule has 0 fully saturated rings. The molecule has 0 saturated heterocycles. The molecule has 0 spiro atoms. The first-order valence-corrected chi connectivity index (χ1v) is 10.4. The maximum absolute atomic E-state index is 12.8. The highest BCUT2D eigenvalue weighted by Gasteiger charge is 2.47. The number of aliphatic hydroxyl groups excluding tert-OH is 1. The molecule has 28 heavy (non-hydrogen) atoms. The zero-order valence-corrected chi connectivity index (χ0v) is 18.3. The molecule has 2 N–H and O–H groups in total. The van der Waals surface area contributed by atoms with Crippen molar-refractivity contribution in [3.8, 4) is 0 Å². The molecule has 9 heteroatoms. The topological polar surface area (TPSA) is 72.9 Å². The van der Waals surface area contributed by atoms with E-state index in [9.17, 15) is 14.7 Å². The molecule has 0 bridgehead atoms. The lowest BCUT2D eigenvalue weighted by Crippen LogP contribution is -2.40. The Morgan fingerprint density at radius 2 is 1.96 bits per heavy atom. The van der Waals surface area contributed by atoms with Crippen molar-refractivity contribution in [2.75, 3.05) is 32.1 Å². The van der Waals surface area contributed by atoms with Gasteiger partial charge in [-0.25, -0.2) is 0 Å². The van der Waals surface area contributed by atoms with E-state index in [-0.39, 0.29) is 11.8 Å². The fraction of sp³-hybridized carbons (Fsp3) is 0.579. The van der Waals surface area contributed by atoms with Gasteiger partial charge in [0.1, 0.15) is 0 Å². The first-order valence-electron chi connectivity index (χ1n) is 9.26. The second kappa shape index (κ2) is 8.00. The Labute approximate surface area is 179 Å². The summed E-state index contributed by atoms with van der Waals surface area (Å²) >= 11 is 17.5. The minimum atomic E-state index is -2.07. The van der Waals surface area contributed by atoms with E-state index in [1.807, 2.05) is 6.92 Å². The van der Waals surface area contributed by atoms with Crippen LogP contribution in [0.1, 0.15) is 53.2 Å². The lowest BCUT2D eigenvalue weighted by molar-refractivity contribution is -0.117. The van der Waals surface area contributed by atoms with E-state index < -0.39 is 21.8 Å². The average Bonchev–Trinajstić information content (AvgIpc) is 2.98. The van der Waals surface area contributed by atoms with Crippen LogP contribution in [-0.4, -0.2) is 58.9 Å². The molecule has 154 valence electrons. The van der Waals surface area contributed by atoms with Crippen molar-refractivity contribution < 1.29 is 14.7 Å². The van der Waals surface area contributed by atoms with Crippen LogP contribution >= 0.6 is 34.8 Å². The van der Waals surface area contributed by atoms with E-state index in [4.69, 9.17) is 34.8 Å². The quantitative estimate of drug-likeness (QED) is 0.695. The zero-order chi connectivity index (χ0) is 20.8. The summed E-state index contributed by atoms with van der Waals surface area (Å²) in [6.45, 7) is 3.04. The minimum Gasteiger partial charge on any atom is -0.391 e. The predicted molar refractivity (Wildman–Crippen MR) is 112 cm³/mol. The van der Waals surface area contributed by atoms with Crippen molar-refractivity contribution in [1.82, 2.24) is 10.2 Å². The number of carbonyl (C=O) groups excluding carboxylic acids is 2. The van der Waals surface area contributed by atoms with Crippen molar-refractivity contribution >= 4 is 52.3 Å². The van der Waals surface area contributed by atoms with Crippen molar-refractivity contribution in [2.24, 2.45) is 0 Å². The maximum atomic E-state index is 12.8. The van der Waals surface area contributed by atoms with Gasteiger partial charge in [0.2, 0.25) is 0 Å². The smallest absolute Gasteiger partial charge is 0.279 e. The number of anilines is 1. The van der Waals surface area contributed by atoms with Crippen LogP contribution in [0.25, 0.3) is 0 Å². The molecule has 2 aliphatic rings. The summed E-state index contributed by atoms with van der Waals surface area (Å²) in [5.41, 5.74) is 2.79. The van der Waals surface area contributed by atoms with Crippen molar-refractivity contribution in [2.45, 2.75) is 41.6 Å². The van der Waals surface area contributed by atoms with Crippen LogP contribution in [0, 0.1) is 0 Å². The third kappa shape index (κ3) is 3.73. The van der Waals surface area contributed by atoms with Crippen LogP contribution in [0.3, 0.4) is 0 Å². The molecular weight excluding hydrogens is 425 g/mol. The van der Waals surface area contributed by atoms with Crippen molar-refractivity contribution in [3.05, 3.63) is 28.8 Å². The van der Waals surface area contributed by atoms with Gasteiger partial charge in [0, 0.05) is 37.8 Å². The van der Waals surface area contributed by atoms with Gasteiger partial charge in [-0.3, -0.25) is 9.59 Å². The van der Waals surface area contributed by atoms with E-state index in [0.29, 0.717) is 30.8 Å². The van der Waals surface area contributed by atoms with Crippen LogP contribution < -0.4 is 10.2 Å². The molecule has 3 rings (SSSR count). The number of rotatable bonds is 4. The van der Waals surface area contributed by atoms with Gasteiger partial charge in [-0.15, -0.1) is 0 Å². The highest BCUT2D eigenvalue weighted by atomic mass is 35.6. The van der Waals surface area contributed by atoms with Gasteiger partial charge in [0.25, 0.3) is 15.6 Å². The summed E-state index contributed by atoms with van der Waals surface area (Å²) in [6, 6.07) is 3.03. The van der Waals surface area contributed by atoms with Gasteiger partial charge in [-0.2, -0.15) is 0 Å². The van der Waals surface area contributed by atoms with Gasteiger partial charge in [0.15, 0.2) is 0 Å². The normalized spacial score (nSPS) is 23.5. The standard InChI is InChI=1S/C19H24Cl3N3O3/c1-4-7-23-16-13(26)8-10-9-25(18(28)19(20,21)22)12-6-5-11(15(16)14(10)12)17(27)24(2)3/h5-6,10,13,16,23,26H,4,7-9H2,1-3H3. The Balaban J connectivity index is 2.17. The minimum absolute atomic E-state index is 0.120. The van der Waals surface area contributed by atoms with E-state index in [0.717, 1.165) is 17.5 Å². The number of alkyl halides is 3. The fourth-order valence-electron chi connectivity index (χ4n) is 4.16. The molecule has 0 radical (unpaired) electrons. The summed E-state index contributed by atoms with van der Waals surface area (Å²) in [6.07, 6.45) is 0.664. The Bertz CT molecular complexity index is 795. The number of hydrogen-bond donors (Lipinski definition) is 2. The van der Waals surface area contributed by atoms with Crippen LogP contribution in [-0.2, 0) is 4.79 Å². The number of nitrogens with zero attached hydrogens (tertiary/aromatic N) is 2. The van der Waals surface area contributed by atoms with Crippen molar-refractivity contribution in [3.63, 3.8) is 0 Å². The molecule has 1 aliphatic heterocycles. The number of aliphatic hydroxyl groups is 1. The van der Waals surface area contributed by atoms with Crippen LogP contribution in [0.15, 0.2) is 12.1 Å². The number of amides is 2. The Morgan fingerprint density at radius 1 is 1.29 bits per heavy atom. The second-order valence-corrected chi connectivity index (χ2v) is 9.79. The van der Waals surface area contributed by atoms with Gasteiger partial charge >= 0.3 is 0 Å². The molecular formula is C19H24Cl3N3O3. The highest BCUT2D eigenvalue weighted by Crippen LogP contribution is 2.50. The summed E-state index contributed by atoms with van der Waals surface area (Å²) in [4.78, 5) is 28.4. The lowest BCUT2D eigenvalue weighted by atomic mass is 9.77. The molecule has 1 aromatic rings. The maximum Gasteiger partial charge on any atom is 0.279 e. The van der Waals surface area contributed by atoms with E-state index in [1.165, 1.54) is 9.80 Å². The van der Waals surface area contributed by atoms with E-state index >= 15 is 0 Å². The summed E-state index contributed by atoms with van der Waals surface area (Å²) in [5, 5.41) is 14.2. The SMILES string of the molecule is CCCNC1c2c(C(=O)N(C)C)ccc3c2C(CC1O)CN3C(=O)C(Cl)(Cl)Cl.